The predicted molar refractivity (Wildman–Crippen MR) is 131 cm³/mol. The molecule has 0 aromatic heterocycles. The van der Waals surface area contributed by atoms with Gasteiger partial charge in [0.25, 0.3) is 0 Å². The van der Waals surface area contributed by atoms with Gasteiger partial charge >= 0.3 is 6.03 Å². The maximum absolute atomic E-state index is 12.9. The summed E-state index contributed by atoms with van der Waals surface area (Å²) in [5.74, 6) is 2.18. The maximum atomic E-state index is 12.9. The Morgan fingerprint density at radius 3 is 2.49 bits per heavy atom. The number of hydrogen-bond donors (Lipinski definition) is 2. The Balaban J connectivity index is 1.17. The van der Waals surface area contributed by atoms with Crippen molar-refractivity contribution in [2.45, 2.75) is 37.5 Å². The molecule has 3 heterocycles. The molecule has 9 nitrogen and oxygen atoms in total. The number of urea groups is 1. The van der Waals surface area contributed by atoms with Gasteiger partial charge in [-0.1, -0.05) is 18.2 Å². The summed E-state index contributed by atoms with van der Waals surface area (Å²) in [4.78, 5) is 29.6. The van der Waals surface area contributed by atoms with Crippen molar-refractivity contribution in [1.82, 2.24) is 15.1 Å². The molecule has 3 aliphatic rings. The lowest BCUT2D eigenvalue weighted by Gasteiger charge is -2.38. The first-order chi connectivity index (χ1) is 17.1. The zero-order valence-corrected chi connectivity index (χ0v) is 19.9. The number of likely N-dealkylation sites (N-methyl/N-ethyl adjacent to an activating group) is 1. The number of nitrogens with zero attached hydrogens (tertiary/aromatic N) is 2. The van der Waals surface area contributed by atoms with E-state index in [1.54, 1.807) is 13.1 Å². The van der Waals surface area contributed by atoms with Crippen LogP contribution in [0.25, 0.3) is 0 Å². The van der Waals surface area contributed by atoms with Gasteiger partial charge < -0.3 is 29.7 Å². The third-order valence-electron chi connectivity index (χ3n) is 6.91. The Morgan fingerprint density at radius 2 is 1.74 bits per heavy atom. The Morgan fingerprint density at radius 1 is 1.00 bits per heavy atom. The topological polar surface area (TPSA) is 92.4 Å². The summed E-state index contributed by atoms with van der Waals surface area (Å²) in [5, 5.41) is 5.78. The highest BCUT2D eigenvalue weighted by Gasteiger charge is 2.42. The lowest BCUT2D eigenvalue weighted by Crippen LogP contribution is -2.52. The number of ether oxygens (including phenoxy) is 3. The summed E-state index contributed by atoms with van der Waals surface area (Å²) in [7, 11) is 1.68. The van der Waals surface area contributed by atoms with Crippen molar-refractivity contribution >= 4 is 17.6 Å². The van der Waals surface area contributed by atoms with Crippen LogP contribution in [0.2, 0.25) is 0 Å². The van der Waals surface area contributed by atoms with Crippen molar-refractivity contribution in [3.63, 3.8) is 0 Å². The number of rotatable bonds is 5. The molecule has 0 spiro atoms. The summed E-state index contributed by atoms with van der Waals surface area (Å²) in [6.45, 7) is 2.98. The van der Waals surface area contributed by atoms with E-state index in [0.717, 1.165) is 18.6 Å². The van der Waals surface area contributed by atoms with E-state index in [1.807, 2.05) is 47.4 Å². The summed E-state index contributed by atoms with van der Waals surface area (Å²) >= 11 is 0. The van der Waals surface area contributed by atoms with E-state index in [1.165, 1.54) is 0 Å². The predicted octanol–water partition coefficient (Wildman–Crippen LogP) is 2.72. The second-order valence-electron chi connectivity index (χ2n) is 9.12. The molecule has 2 fully saturated rings. The molecule has 186 valence electrons. The first kappa shape index (κ1) is 23.3. The number of nitrogens with one attached hydrogen (secondary N) is 2. The van der Waals surface area contributed by atoms with Crippen molar-refractivity contribution in [2.75, 3.05) is 45.2 Å². The second-order valence-corrected chi connectivity index (χ2v) is 9.12. The fourth-order valence-electron chi connectivity index (χ4n) is 5.15. The van der Waals surface area contributed by atoms with Gasteiger partial charge in [0.1, 0.15) is 25.1 Å². The smallest absolute Gasteiger partial charge is 0.321 e. The molecule has 2 aromatic carbocycles. The van der Waals surface area contributed by atoms with Crippen LogP contribution in [0.5, 0.6) is 17.2 Å². The first-order valence-corrected chi connectivity index (χ1v) is 12.3. The Kier molecular flexibility index (Phi) is 6.94. The van der Waals surface area contributed by atoms with Crippen molar-refractivity contribution in [3.8, 4) is 17.2 Å². The number of para-hydroxylation sites is 1. The number of benzene rings is 2. The zero-order valence-electron chi connectivity index (χ0n) is 19.9. The first-order valence-electron chi connectivity index (χ1n) is 12.3. The van der Waals surface area contributed by atoms with Gasteiger partial charge in [0, 0.05) is 50.9 Å². The Hall–Kier alpha value is -3.46. The molecule has 0 radical (unpaired) electrons. The number of likely N-dealkylation sites (tertiary alicyclic amines) is 2. The molecule has 9 heteroatoms. The summed E-state index contributed by atoms with van der Waals surface area (Å²) in [6.07, 6.45) is 2.22. The van der Waals surface area contributed by atoms with E-state index < -0.39 is 0 Å². The molecule has 0 aliphatic carbocycles. The third kappa shape index (κ3) is 5.30. The quantitative estimate of drug-likeness (QED) is 0.684. The highest BCUT2D eigenvalue weighted by Crippen LogP contribution is 2.33. The van der Waals surface area contributed by atoms with Crippen LogP contribution in [0.4, 0.5) is 10.5 Å². The van der Waals surface area contributed by atoms with Crippen LogP contribution >= 0.6 is 0 Å². The molecular formula is C26H32N4O5. The van der Waals surface area contributed by atoms with Gasteiger partial charge in [0.15, 0.2) is 11.5 Å². The van der Waals surface area contributed by atoms with E-state index >= 15 is 0 Å². The number of amides is 3. The number of hydrogen-bond acceptors (Lipinski definition) is 6. The lowest BCUT2D eigenvalue weighted by atomic mass is 10.0. The van der Waals surface area contributed by atoms with Crippen LogP contribution in [0.3, 0.4) is 0 Å². The minimum absolute atomic E-state index is 0.0166. The SMILES string of the molecule is CNC(=O)[C@@H]1C[C@H](Oc2ccccc2)CN1C1CCN(C(=O)Nc2ccc3c(c2)OCCO3)CC1. The van der Waals surface area contributed by atoms with Gasteiger partial charge in [-0.15, -0.1) is 0 Å². The lowest BCUT2D eigenvalue weighted by molar-refractivity contribution is -0.126. The van der Waals surface area contributed by atoms with E-state index in [9.17, 15) is 9.59 Å². The highest BCUT2D eigenvalue weighted by molar-refractivity contribution is 5.89. The Labute approximate surface area is 205 Å². The number of anilines is 1. The molecule has 0 bridgehead atoms. The van der Waals surface area contributed by atoms with Crippen LogP contribution in [-0.2, 0) is 4.79 Å². The van der Waals surface area contributed by atoms with Gasteiger partial charge in [0.2, 0.25) is 5.91 Å². The monoisotopic (exact) mass is 480 g/mol. The van der Waals surface area contributed by atoms with E-state index in [0.29, 0.717) is 56.5 Å². The molecule has 0 unspecified atom stereocenters. The average molecular weight is 481 g/mol. The summed E-state index contributed by atoms with van der Waals surface area (Å²) < 4.78 is 17.3. The normalized spacial score (nSPS) is 22.5. The fourth-order valence-corrected chi connectivity index (χ4v) is 5.15. The standard InChI is InChI=1S/C26H32N4O5/c1-27-25(31)22-16-21(35-20-5-3-2-4-6-20)17-30(22)19-9-11-29(12-10-19)26(32)28-18-7-8-23-24(15-18)34-14-13-33-23/h2-8,15,19,21-22H,9-14,16-17H2,1H3,(H,27,31)(H,28,32)/t21-,22-/m0/s1. The maximum Gasteiger partial charge on any atom is 0.321 e. The van der Waals surface area contributed by atoms with Crippen molar-refractivity contribution in [1.29, 1.82) is 0 Å². The molecule has 2 atom stereocenters. The molecule has 2 aromatic rings. The molecule has 0 saturated carbocycles. The summed E-state index contributed by atoms with van der Waals surface area (Å²) in [6, 6.07) is 15.0. The molecular weight excluding hydrogens is 448 g/mol. The Bertz CT molecular complexity index is 1040. The van der Waals surface area contributed by atoms with Crippen LogP contribution < -0.4 is 24.8 Å². The zero-order chi connectivity index (χ0) is 24.2. The van der Waals surface area contributed by atoms with Crippen molar-refractivity contribution in [2.24, 2.45) is 0 Å². The van der Waals surface area contributed by atoms with Crippen LogP contribution in [-0.4, -0.2) is 79.8 Å². The molecule has 3 aliphatic heterocycles. The van der Waals surface area contributed by atoms with E-state index in [4.69, 9.17) is 14.2 Å². The number of piperidine rings is 1. The largest absolute Gasteiger partial charge is 0.489 e. The second kappa shape index (κ2) is 10.4. The number of fused-ring (bicyclic) bond motifs is 1. The minimum atomic E-state index is -0.225. The van der Waals surface area contributed by atoms with Crippen LogP contribution in [0.1, 0.15) is 19.3 Å². The molecule has 2 N–H and O–H groups in total. The average Bonchev–Trinajstić information content (AvgIpc) is 3.32. The molecule has 2 saturated heterocycles. The third-order valence-corrected chi connectivity index (χ3v) is 6.91. The molecule has 3 amide bonds. The van der Waals surface area contributed by atoms with E-state index in [2.05, 4.69) is 15.5 Å². The van der Waals surface area contributed by atoms with Gasteiger partial charge in [-0.2, -0.15) is 0 Å². The van der Waals surface area contributed by atoms with Gasteiger partial charge in [0.05, 0.1) is 6.04 Å². The van der Waals surface area contributed by atoms with Crippen molar-refractivity contribution in [3.05, 3.63) is 48.5 Å². The minimum Gasteiger partial charge on any atom is -0.489 e. The van der Waals surface area contributed by atoms with Crippen molar-refractivity contribution < 1.29 is 23.8 Å². The van der Waals surface area contributed by atoms with Gasteiger partial charge in [-0.05, 0) is 37.1 Å². The van der Waals surface area contributed by atoms with Crippen LogP contribution in [0.15, 0.2) is 48.5 Å². The summed E-state index contributed by atoms with van der Waals surface area (Å²) in [5.41, 5.74) is 0.682. The molecule has 5 rings (SSSR count). The number of carbonyl (C=O) groups excluding carboxylic acids is 2. The van der Waals surface area contributed by atoms with E-state index in [-0.39, 0.29) is 30.1 Å². The van der Waals surface area contributed by atoms with Gasteiger partial charge in [-0.3, -0.25) is 9.69 Å². The molecule has 35 heavy (non-hydrogen) atoms. The number of carbonyl (C=O) groups is 2. The fraction of sp³-hybridized carbons (Fsp3) is 0.462. The van der Waals surface area contributed by atoms with Gasteiger partial charge in [-0.25, -0.2) is 4.79 Å². The van der Waals surface area contributed by atoms with Crippen LogP contribution in [0, 0.1) is 0 Å². The highest BCUT2D eigenvalue weighted by atomic mass is 16.6.